The van der Waals surface area contributed by atoms with E-state index in [-0.39, 0.29) is 0 Å². The standard InChI is InChI=1S/C10H15IN4/c11-9-6-13-10(14-7-9)15-3-1-8(5-12)2-4-15/h6-8H,1-5,12H2. The Morgan fingerprint density at radius 2 is 1.93 bits per heavy atom. The predicted octanol–water partition coefficient (Wildman–Crippen LogP) is 1.26. The third kappa shape index (κ3) is 2.78. The molecule has 0 spiro atoms. The lowest BCUT2D eigenvalue weighted by atomic mass is 9.97. The summed E-state index contributed by atoms with van der Waals surface area (Å²) >= 11 is 2.22. The minimum Gasteiger partial charge on any atom is -0.341 e. The second-order valence-corrected chi connectivity index (χ2v) is 5.11. The van der Waals surface area contributed by atoms with Gasteiger partial charge in [0.2, 0.25) is 5.95 Å². The summed E-state index contributed by atoms with van der Waals surface area (Å²) < 4.78 is 1.08. The van der Waals surface area contributed by atoms with Gasteiger partial charge in [-0.2, -0.15) is 0 Å². The Labute approximate surface area is 103 Å². The summed E-state index contributed by atoms with van der Waals surface area (Å²) in [5.74, 6) is 1.54. The highest BCUT2D eigenvalue weighted by Gasteiger charge is 2.19. The number of aromatic nitrogens is 2. The molecule has 0 aliphatic carbocycles. The molecule has 1 aromatic rings. The van der Waals surface area contributed by atoms with E-state index < -0.39 is 0 Å². The minimum absolute atomic E-state index is 0.685. The number of hydrogen-bond donors (Lipinski definition) is 1. The number of nitrogens with zero attached hydrogens (tertiary/aromatic N) is 3. The molecule has 2 heterocycles. The highest BCUT2D eigenvalue weighted by Crippen LogP contribution is 2.19. The van der Waals surface area contributed by atoms with E-state index >= 15 is 0 Å². The van der Waals surface area contributed by atoms with Gasteiger partial charge in [-0.25, -0.2) is 9.97 Å². The number of nitrogens with two attached hydrogens (primary N) is 1. The molecule has 0 radical (unpaired) electrons. The van der Waals surface area contributed by atoms with Crippen molar-refractivity contribution in [2.75, 3.05) is 24.5 Å². The topological polar surface area (TPSA) is 55.0 Å². The van der Waals surface area contributed by atoms with Crippen LogP contribution in [-0.2, 0) is 0 Å². The van der Waals surface area contributed by atoms with Crippen LogP contribution in [0.15, 0.2) is 12.4 Å². The first kappa shape index (κ1) is 11.1. The molecule has 0 bridgehead atoms. The smallest absolute Gasteiger partial charge is 0.225 e. The fourth-order valence-corrected chi connectivity index (χ4v) is 2.12. The average molecular weight is 318 g/mol. The van der Waals surface area contributed by atoms with E-state index in [0.29, 0.717) is 5.92 Å². The van der Waals surface area contributed by atoms with E-state index in [4.69, 9.17) is 5.73 Å². The summed E-state index contributed by atoms with van der Waals surface area (Å²) in [6, 6.07) is 0. The number of halogens is 1. The van der Waals surface area contributed by atoms with Crippen LogP contribution in [0.4, 0.5) is 5.95 Å². The normalized spacial score (nSPS) is 18.1. The maximum Gasteiger partial charge on any atom is 0.225 e. The molecule has 82 valence electrons. The maximum absolute atomic E-state index is 5.66. The quantitative estimate of drug-likeness (QED) is 0.834. The first-order chi connectivity index (χ1) is 7.29. The van der Waals surface area contributed by atoms with Crippen molar-refractivity contribution in [3.63, 3.8) is 0 Å². The lowest BCUT2D eigenvalue weighted by Gasteiger charge is -2.31. The number of hydrogen-bond acceptors (Lipinski definition) is 4. The van der Waals surface area contributed by atoms with Crippen LogP contribution in [0.5, 0.6) is 0 Å². The van der Waals surface area contributed by atoms with Crippen molar-refractivity contribution >= 4 is 28.5 Å². The van der Waals surface area contributed by atoms with Gasteiger partial charge in [-0.3, -0.25) is 0 Å². The van der Waals surface area contributed by atoms with Gasteiger partial charge in [0.05, 0.1) is 0 Å². The summed E-state index contributed by atoms with van der Waals surface area (Å²) in [6.07, 6.45) is 6.04. The van der Waals surface area contributed by atoms with Crippen molar-refractivity contribution < 1.29 is 0 Å². The van der Waals surface area contributed by atoms with Crippen LogP contribution in [0.3, 0.4) is 0 Å². The molecular weight excluding hydrogens is 303 g/mol. The van der Waals surface area contributed by atoms with Gasteiger partial charge in [0.15, 0.2) is 0 Å². The Hall–Kier alpha value is -0.430. The van der Waals surface area contributed by atoms with Gasteiger partial charge in [0, 0.05) is 29.1 Å². The largest absolute Gasteiger partial charge is 0.341 e. The van der Waals surface area contributed by atoms with Gasteiger partial charge >= 0.3 is 0 Å². The Kier molecular flexibility index (Phi) is 3.74. The fourth-order valence-electron chi connectivity index (χ4n) is 1.84. The monoisotopic (exact) mass is 318 g/mol. The Morgan fingerprint density at radius 1 is 1.33 bits per heavy atom. The first-order valence-electron chi connectivity index (χ1n) is 5.22. The summed E-state index contributed by atoms with van der Waals surface area (Å²) in [5, 5.41) is 0. The van der Waals surface area contributed by atoms with Crippen LogP contribution >= 0.6 is 22.6 Å². The highest BCUT2D eigenvalue weighted by molar-refractivity contribution is 14.1. The zero-order valence-corrected chi connectivity index (χ0v) is 10.7. The van der Waals surface area contributed by atoms with Gasteiger partial charge in [-0.1, -0.05) is 0 Å². The van der Waals surface area contributed by atoms with Gasteiger partial charge in [0.25, 0.3) is 0 Å². The molecule has 0 aromatic carbocycles. The molecule has 0 atom stereocenters. The zero-order valence-electron chi connectivity index (χ0n) is 8.56. The maximum atomic E-state index is 5.66. The van der Waals surface area contributed by atoms with Gasteiger partial charge in [0.1, 0.15) is 0 Å². The molecule has 4 nitrogen and oxygen atoms in total. The van der Waals surface area contributed by atoms with Crippen molar-refractivity contribution in [3.8, 4) is 0 Å². The summed E-state index contributed by atoms with van der Waals surface area (Å²) in [7, 11) is 0. The van der Waals surface area contributed by atoms with E-state index in [1.54, 1.807) is 0 Å². The number of anilines is 1. The summed E-state index contributed by atoms with van der Waals surface area (Å²) in [4.78, 5) is 10.9. The van der Waals surface area contributed by atoms with E-state index in [1.165, 1.54) is 0 Å². The SMILES string of the molecule is NCC1CCN(c2ncc(I)cn2)CC1. The van der Waals surface area contributed by atoms with Gasteiger partial charge in [-0.15, -0.1) is 0 Å². The van der Waals surface area contributed by atoms with Crippen molar-refractivity contribution in [1.82, 2.24) is 9.97 Å². The van der Waals surface area contributed by atoms with Crippen LogP contribution in [0.25, 0.3) is 0 Å². The second-order valence-electron chi connectivity index (χ2n) is 3.87. The van der Waals surface area contributed by atoms with E-state index in [1.807, 2.05) is 12.4 Å². The van der Waals surface area contributed by atoms with E-state index in [2.05, 4.69) is 37.5 Å². The summed E-state index contributed by atoms with van der Waals surface area (Å²) in [6.45, 7) is 2.87. The molecule has 1 aliphatic rings. The Morgan fingerprint density at radius 3 is 2.47 bits per heavy atom. The Balaban J connectivity index is 1.98. The lowest BCUT2D eigenvalue weighted by Crippen LogP contribution is -2.37. The predicted molar refractivity (Wildman–Crippen MR) is 68.7 cm³/mol. The highest BCUT2D eigenvalue weighted by atomic mass is 127. The minimum atomic E-state index is 0.685. The molecule has 1 aromatic heterocycles. The van der Waals surface area contributed by atoms with Crippen LogP contribution < -0.4 is 10.6 Å². The molecule has 2 N–H and O–H groups in total. The number of rotatable bonds is 2. The van der Waals surface area contributed by atoms with Crippen molar-refractivity contribution in [2.24, 2.45) is 11.7 Å². The van der Waals surface area contributed by atoms with E-state index in [0.717, 1.165) is 42.0 Å². The molecule has 0 unspecified atom stereocenters. The van der Waals surface area contributed by atoms with Crippen LogP contribution in [0, 0.1) is 9.49 Å². The van der Waals surface area contributed by atoms with Crippen molar-refractivity contribution in [2.45, 2.75) is 12.8 Å². The van der Waals surface area contributed by atoms with Crippen LogP contribution in [-0.4, -0.2) is 29.6 Å². The second kappa shape index (κ2) is 5.07. The van der Waals surface area contributed by atoms with Crippen molar-refractivity contribution in [3.05, 3.63) is 16.0 Å². The molecule has 15 heavy (non-hydrogen) atoms. The molecule has 5 heteroatoms. The molecule has 0 amide bonds. The van der Waals surface area contributed by atoms with Crippen molar-refractivity contribution in [1.29, 1.82) is 0 Å². The third-order valence-corrected chi connectivity index (χ3v) is 3.39. The molecule has 1 aliphatic heterocycles. The third-order valence-electron chi connectivity index (χ3n) is 2.84. The molecule has 1 saturated heterocycles. The Bertz CT molecular complexity index is 306. The molecular formula is C10H15IN4. The zero-order chi connectivity index (χ0) is 10.7. The van der Waals surface area contributed by atoms with Crippen LogP contribution in [0.1, 0.15) is 12.8 Å². The van der Waals surface area contributed by atoms with Crippen LogP contribution in [0.2, 0.25) is 0 Å². The fraction of sp³-hybridized carbons (Fsp3) is 0.600. The van der Waals surface area contributed by atoms with Gasteiger partial charge < -0.3 is 10.6 Å². The summed E-state index contributed by atoms with van der Waals surface area (Å²) in [5.41, 5.74) is 5.66. The average Bonchev–Trinajstić information content (AvgIpc) is 2.30. The first-order valence-corrected chi connectivity index (χ1v) is 6.30. The van der Waals surface area contributed by atoms with E-state index in [9.17, 15) is 0 Å². The molecule has 0 saturated carbocycles. The van der Waals surface area contributed by atoms with Gasteiger partial charge in [-0.05, 0) is 47.9 Å². The molecule has 1 fully saturated rings. The lowest BCUT2D eigenvalue weighted by molar-refractivity contribution is 0.411. The number of piperidine rings is 1. The molecule has 2 rings (SSSR count).